The third-order valence-electron chi connectivity index (χ3n) is 4.31. The zero-order valence-corrected chi connectivity index (χ0v) is 16.4. The number of hydrogen-bond acceptors (Lipinski definition) is 3. The molecule has 0 saturated carbocycles. The van der Waals surface area contributed by atoms with Gasteiger partial charge in [-0.25, -0.2) is 0 Å². The van der Waals surface area contributed by atoms with E-state index in [0.29, 0.717) is 12.1 Å². The molecule has 0 aliphatic carbocycles. The van der Waals surface area contributed by atoms with Gasteiger partial charge in [-0.15, -0.1) is 11.3 Å². The number of aryl methyl sites for hydroxylation is 2. The van der Waals surface area contributed by atoms with Crippen molar-refractivity contribution in [3.8, 4) is 0 Å². The average Bonchev–Trinajstić information content (AvgIpc) is 2.99. The fraction of sp³-hybridized carbons (Fsp3) is 0.400. The summed E-state index contributed by atoms with van der Waals surface area (Å²) < 4.78 is 0. The summed E-state index contributed by atoms with van der Waals surface area (Å²) in [5, 5.41) is 2.95. The number of rotatable bonds is 6. The molecule has 0 aliphatic heterocycles. The summed E-state index contributed by atoms with van der Waals surface area (Å²) in [5.74, 6) is -0.0424. The van der Waals surface area contributed by atoms with E-state index in [-0.39, 0.29) is 17.9 Å². The molecule has 0 spiro atoms. The van der Waals surface area contributed by atoms with Crippen molar-refractivity contribution in [2.75, 3.05) is 7.05 Å². The number of carbonyl (C=O) groups is 2. The highest BCUT2D eigenvalue weighted by Gasteiger charge is 2.14. The van der Waals surface area contributed by atoms with Gasteiger partial charge < -0.3 is 10.2 Å². The lowest BCUT2D eigenvalue weighted by Crippen LogP contribution is -2.32. The summed E-state index contributed by atoms with van der Waals surface area (Å²) in [6.07, 6.45) is 0.949. The van der Waals surface area contributed by atoms with Gasteiger partial charge >= 0.3 is 0 Å². The first-order valence-electron chi connectivity index (χ1n) is 8.57. The Morgan fingerprint density at radius 1 is 1.20 bits per heavy atom. The number of amides is 2. The SMILES string of the molecule is CCc1sc(C(=O)NCc2ccc(C(=O)N(C)C(C)C)cc2)cc1C. The molecule has 2 amide bonds. The Kier molecular flexibility index (Phi) is 6.37. The Morgan fingerprint density at radius 2 is 1.84 bits per heavy atom. The number of nitrogens with zero attached hydrogens (tertiary/aromatic N) is 1. The van der Waals surface area contributed by atoms with Crippen LogP contribution in [-0.4, -0.2) is 29.8 Å². The van der Waals surface area contributed by atoms with Crippen molar-refractivity contribution < 1.29 is 9.59 Å². The summed E-state index contributed by atoms with van der Waals surface area (Å²) in [6.45, 7) is 8.55. The van der Waals surface area contributed by atoms with Gasteiger partial charge in [-0.3, -0.25) is 9.59 Å². The van der Waals surface area contributed by atoms with E-state index in [4.69, 9.17) is 0 Å². The normalized spacial score (nSPS) is 10.8. The van der Waals surface area contributed by atoms with Gasteiger partial charge in [-0.05, 0) is 56.5 Å². The highest BCUT2D eigenvalue weighted by Crippen LogP contribution is 2.22. The molecule has 1 N–H and O–H groups in total. The first kappa shape index (κ1) is 19.2. The van der Waals surface area contributed by atoms with Crippen LogP contribution in [0.5, 0.6) is 0 Å². The second kappa shape index (κ2) is 8.30. The highest BCUT2D eigenvalue weighted by atomic mass is 32.1. The first-order valence-corrected chi connectivity index (χ1v) is 9.38. The van der Waals surface area contributed by atoms with Gasteiger partial charge in [0.05, 0.1) is 4.88 Å². The lowest BCUT2D eigenvalue weighted by Gasteiger charge is -2.21. The van der Waals surface area contributed by atoms with Crippen LogP contribution in [0.4, 0.5) is 0 Å². The van der Waals surface area contributed by atoms with Crippen LogP contribution in [0.25, 0.3) is 0 Å². The minimum absolute atomic E-state index is 0.00624. The minimum atomic E-state index is -0.0486. The highest BCUT2D eigenvalue weighted by molar-refractivity contribution is 7.14. The predicted molar refractivity (Wildman–Crippen MR) is 103 cm³/mol. The maximum atomic E-state index is 12.3. The molecule has 2 aromatic rings. The number of hydrogen-bond donors (Lipinski definition) is 1. The van der Waals surface area contributed by atoms with Gasteiger partial charge in [0.25, 0.3) is 11.8 Å². The standard InChI is InChI=1S/C20H26N2O2S/c1-6-17-14(4)11-18(25-17)19(23)21-12-15-7-9-16(10-8-15)20(24)22(5)13(2)3/h7-11,13H,6,12H2,1-5H3,(H,21,23). The molecule has 0 fully saturated rings. The van der Waals surface area contributed by atoms with Crippen LogP contribution in [0.2, 0.25) is 0 Å². The fourth-order valence-electron chi connectivity index (χ4n) is 2.46. The molecular formula is C20H26N2O2S. The van der Waals surface area contributed by atoms with E-state index in [1.807, 2.05) is 51.1 Å². The minimum Gasteiger partial charge on any atom is -0.347 e. The molecule has 0 aliphatic rings. The molecule has 0 saturated heterocycles. The van der Waals surface area contributed by atoms with Gasteiger partial charge in [-0.2, -0.15) is 0 Å². The van der Waals surface area contributed by atoms with Crippen LogP contribution in [-0.2, 0) is 13.0 Å². The average molecular weight is 359 g/mol. The van der Waals surface area contributed by atoms with Crippen molar-refractivity contribution in [3.05, 3.63) is 56.8 Å². The molecular weight excluding hydrogens is 332 g/mol. The molecule has 0 radical (unpaired) electrons. The van der Waals surface area contributed by atoms with Crippen LogP contribution in [0, 0.1) is 6.92 Å². The fourth-order valence-corrected chi connectivity index (χ4v) is 3.49. The third kappa shape index (κ3) is 4.69. The van der Waals surface area contributed by atoms with E-state index in [1.54, 1.807) is 23.3 Å². The zero-order valence-electron chi connectivity index (χ0n) is 15.6. The third-order valence-corrected chi connectivity index (χ3v) is 5.69. The van der Waals surface area contributed by atoms with Crippen LogP contribution in [0.15, 0.2) is 30.3 Å². The summed E-state index contributed by atoms with van der Waals surface area (Å²) >= 11 is 1.55. The number of nitrogens with one attached hydrogen (secondary N) is 1. The summed E-state index contributed by atoms with van der Waals surface area (Å²) in [7, 11) is 1.80. The number of benzene rings is 1. The monoisotopic (exact) mass is 358 g/mol. The molecule has 0 atom stereocenters. The lowest BCUT2D eigenvalue weighted by atomic mass is 10.1. The van der Waals surface area contributed by atoms with Gasteiger partial charge in [-0.1, -0.05) is 19.1 Å². The van der Waals surface area contributed by atoms with Crippen molar-refractivity contribution in [2.24, 2.45) is 0 Å². The Balaban J connectivity index is 1.97. The van der Waals surface area contributed by atoms with E-state index in [2.05, 4.69) is 12.2 Å². The molecule has 1 heterocycles. The number of thiophene rings is 1. The van der Waals surface area contributed by atoms with E-state index >= 15 is 0 Å². The molecule has 0 bridgehead atoms. The van der Waals surface area contributed by atoms with Gasteiger partial charge in [0.15, 0.2) is 0 Å². The topological polar surface area (TPSA) is 49.4 Å². The second-order valence-corrected chi connectivity index (χ2v) is 7.60. The van der Waals surface area contributed by atoms with Crippen LogP contribution >= 0.6 is 11.3 Å². The van der Waals surface area contributed by atoms with Crippen molar-refractivity contribution in [1.82, 2.24) is 10.2 Å². The predicted octanol–water partition coefficient (Wildman–Crippen LogP) is 4.03. The van der Waals surface area contributed by atoms with Gasteiger partial charge in [0, 0.05) is 30.1 Å². The maximum absolute atomic E-state index is 12.3. The van der Waals surface area contributed by atoms with E-state index in [9.17, 15) is 9.59 Å². The van der Waals surface area contributed by atoms with Crippen LogP contribution < -0.4 is 5.32 Å². The largest absolute Gasteiger partial charge is 0.347 e. The van der Waals surface area contributed by atoms with Crippen molar-refractivity contribution in [2.45, 2.75) is 46.7 Å². The molecule has 25 heavy (non-hydrogen) atoms. The summed E-state index contributed by atoms with van der Waals surface area (Å²) in [4.78, 5) is 28.3. The van der Waals surface area contributed by atoms with Crippen molar-refractivity contribution in [3.63, 3.8) is 0 Å². The van der Waals surface area contributed by atoms with E-state index in [0.717, 1.165) is 16.9 Å². The van der Waals surface area contributed by atoms with Crippen LogP contribution in [0.3, 0.4) is 0 Å². The van der Waals surface area contributed by atoms with E-state index in [1.165, 1.54) is 10.4 Å². The smallest absolute Gasteiger partial charge is 0.261 e. The molecule has 1 aromatic heterocycles. The molecule has 134 valence electrons. The molecule has 1 aromatic carbocycles. The summed E-state index contributed by atoms with van der Waals surface area (Å²) in [5.41, 5.74) is 2.81. The maximum Gasteiger partial charge on any atom is 0.261 e. The Labute approximate surface area is 153 Å². The molecule has 2 rings (SSSR count). The van der Waals surface area contributed by atoms with Gasteiger partial charge in [0.2, 0.25) is 0 Å². The zero-order chi connectivity index (χ0) is 18.6. The van der Waals surface area contributed by atoms with E-state index < -0.39 is 0 Å². The Hall–Kier alpha value is -2.14. The lowest BCUT2D eigenvalue weighted by molar-refractivity contribution is 0.0754. The Bertz CT molecular complexity index is 748. The van der Waals surface area contributed by atoms with Crippen molar-refractivity contribution >= 4 is 23.2 Å². The van der Waals surface area contributed by atoms with Gasteiger partial charge in [0.1, 0.15) is 0 Å². The van der Waals surface area contributed by atoms with Crippen LogP contribution in [0.1, 0.15) is 56.8 Å². The Morgan fingerprint density at radius 3 is 2.36 bits per heavy atom. The number of carbonyl (C=O) groups excluding carboxylic acids is 2. The molecule has 0 unspecified atom stereocenters. The first-order chi connectivity index (χ1) is 11.8. The second-order valence-electron chi connectivity index (χ2n) is 6.46. The molecule has 5 heteroatoms. The quantitative estimate of drug-likeness (QED) is 0.847. The summed E-state index contributed by atoms with van der Waals surface area (Å²) in [6, 6.07) is 9.51. The molecule has 4 nitrogen and oxygen atoms in total. The van der Waals surface area contributed by atoms with Crippen molar-refractivity contribution in [1.29, 1.82) is 0 Å².